The molecule has 3 aromatic rings. The van der Waals surface area contributed by atoms with Crippen LogP contribution in [0.2, 0.25) is 10.0 Å². The number of hydrogen-bond donors (Lipinski definition) is 0. The van der Waals surface area contributed by atoms with E-state index in [0.717, 1.165) is 11.3 Å². The minimum absolute atomic E-state index is 0.0471. The van der Waals surface area contributed by atoms with E-state index >= 15 is 0 Å². The molecule has 0 atom stereocenters. The third-order valence-electron chi connectivity index (χ3n) is 5.93. The number of aromatic nitrogens is 2. The second-order valence-corrected chi connectivity index (χ2v) is 8.99. The second-order valence-electron chi connectivity index (χ2n) is 8.15. The number of amides is 1. The number of carbonyl (C=O) groups is 2. The van der Waals surface area contributed by atoms with E-state index in [4.69, 9.17) is 23.2 Å². The van der Waals surface area contributed by atoms with Crippen molar-refractivity contribution in [2.45, 2.75) is 26.3 Å². The fourth-order valence-electron chi connectivity index (χ4n) is 4.00. The highest BCUT2D eigenvalue weighted by molar-refractivity contribution is 6.35. The predicted molar refractivity (Wildman–Crippen MR) is 130 cm³/mol. The van der Waals surface area contributed by atoms with E-state index in [1.54, 1.807) is 25.1 Å². The molecule has 1 aromatic heterocycles. The minimum atomic E-state index is -0.248. The van der Waals surface area contributed by atoms with Crippen molar-refractivity contribution >= 4 is 51.5 Å². The first kappa shape index (κ1) is 23.3. The van der Waals surface area contributed by atoms with Crippen molar-refractivity contribution in [1.82, 2.24) is 14.5 Å². The Morgan fingerprint density at radius 2 is 1.79 bits per heavy atom. The average molecular weight is 487 g/mol. The number of halogens is 2. The molecule has 1 fully saturated rings. The topological polar surface area (TPSA) is 75.5 Å². The molecule has 2 heterocycles. The fraction of sp³-hybridized carbons (Fsp3) is 0.333. The van der Waals surface area contributed by atoms with Crippen LogP contribution in [0, 0.1) is 0 Å². The molecule has 0 radical (unpaired) electrons. The molecule has 7 nitrogen and oxygen atoms in total. The monoisotopic (exact) mass is 486 g/mol. The number of rotatable bonds is 6. The standard InChI is InChI=1S/C24H24Cl2N4O3/c1-16(31)28-8-10-29(11-9-28)19-5-7-23-21(13-19)24(33)30(15-27-23)14-20(32)6-3-17-2-4-18(25)12-22(17)26/h2,4-5,7,12-13,15H,3,6,8-11,14H2,1H3. The van der Waals surface area contributed by atoms with E-state index in [9.17, 15) is 14.4 Å². The molecular formula is C24H24Cl2N4O3. The van der Waals surface area contributed by atoms with E-state index in [1.165, 1.54) is 10.9 Å². The van der Waals surface area contributed by atoms with Crippen molar-refractivity contribution in [3.8, 4) is 0 Å². The lowest BCUT2D eigenvalue weighted by Gasteiger charge is -2.35. The molecule has 1 aliphatic heterocycles. The number of carbonyl (C=O) groups excluding carboxylic acids is 2. The highest BCUT2D eigenvalue weighted by Crippen LogP contribution is 2.23. The van der Waals surface area contributed by atoms with Gasteiger partial charge in [-0.05, 0) is 42.3 Å². The first-order chi connectivity index (χ1) is 15.8. The van der Waals surface area contributed by atoms with Gasteiger partial charge in [0, 0.05) is 55.3 Å². The van der Waals surface area contributed by atoms with Crippen LogP contribution in [0.1, 0.15) is 18.9 Å². The zero-order valence-electron chi connectivity index (χ0n) is 18.3. The number of aryl methyl sites for hydroxylation is 1. The zero-order valence-corrected chi connectivity index (χ0v) is 19.8. The Kier molecular flexibility index (Phi) is 7.00. The maximum Gasteiger partial charge on any atom is 0.261 e. The summed E-state index contributed by atoms with van der Waals surface area (Å²) >= 11 is 12.1. The van der Waals surface area contributed by atoms with Gasteiger partial charge < -0.3 is 9.80 Å². The molecular weight excluding hydrogens is 463 g/mol. The molecule has 0 aliphatic carbocycles. The van der Waals surface area contributed by atoms with Crippen LogP contribution < -0.4 is 10.5 Å². The van der Waals surface area contributed by atoms with E-state index in [0.29, 0.717) is 53.5 Å². The molecule has 0 spiro atoms. The van der Waals surface area contributed by atoms with Gasteiger partial charge in [-0.3, -0.25) is 19.0 Å². The molecule has 0 saturated carbocycles. The summed E-state index contributed by atoms with van der Waals surface area (Å²) in [5, 5.41) is 1.54. The lowest BCUT2D eigenvalue weighted by molar-refractivity contribution is -0.129. The molecule has 172 valence electrons. The molecule has 4 rings (SSSR count). The van der Waals surface area contributed by atoms with Crippen molar-refractivity contribution in [3.63, 3.8) is 0 Å². The van der Waals surface area contributed by atoms with Gasteiger partial charge in [0.25, 0.3) is 5.56 Å². The van der Waals surface area contributed by atoms with Gasteiger partial charge in [-0.1, -0.05) is 29.3 Å². The van der Waals surface area contributed by atoms with Crippen LogP contribution in [0.25, 0.3) is 10.9 Å². The summed E-state index contributed by atoms with van der Waals surface area (Å²) in [6.45, 7) is 4.23. The SMILES string of the molecule is CC(=O)N1CCN(c2ccc3ncn(CC(=O)CCc4ccc(Cl)cc4Cl)c(=O)c3c2)CC1. The summed E-state index contributed by atoms with van der Waals surface area (Å²) in [4.78, 5) is 45.5. The first-order valence-electron chi connectivity index (χ1n) is 10.8. The normalized spacial score (nSPS) is 14.0. The van der Waals surface area contributed by atoms with E-state index < -0.39 is 0 Å². The highest BCUT2D eigenvalue weighted by atomic mass is 35.5. The Bertz CT molecular complexity index is 1270. The van der Waals surface area contributed by atoms with Crippen LogP contribution in [-0.2, 0) is 22.6 Å². The Hall–Kier alpha value is -2.90. The summed E-state index contributed by atoms with van der Waals surface area (Å²) in [6.07, 6.45) is 2.15. The number of fused-ring (bicyclic) bond motifs is 1. The molecule has 1 saturated heterocycles. The van der Waals surface area contributed by atoms with Crippen LogP contribution in [0.4, 0.5) is 5.69 Å². The highest BCUT2D eigenvalue weighted by Gasteiger charge is 2.19. The summed E-state index contributed by atoms with van der Waals surface area (Å²) in [7, 11) is 0. The number of ketones is 1. The van der Waals surface area contributed by atoms with Crippen molar-refractivity contribution in [3.05, 3.63) is 68.7 Å². The van der Waals surface area contributed by atoms with Crippen LogP contribution in [0.15, 0.2) is 47.5 Å². The van der Waals surface area contributed by atoms with Crippen LogP contribution in [0.5, 0.6) is 0 Å². The van der Waals surface area contributed by atoms with E-state index in [2.05, 4.69) is 9.88 Å². The fourth-order valence-corrected chi connectivity index (χ4v) is 4.51. The van der Waals surface area contributed by atoms with Gasteiger partial charge in [-0.15, -0.1) is 0 Å². The van der Waals surface area contributed by atoms with Crippen LogP contribution in [-0.4, -0.2) is 52.3 Å². The van der Waals surface area contributed by atoms with E-state index in [-0.39, 0.29) is 30.2 Å². The maximum atomic E-state index is 13.1. The molecule has 0 N–H and O–H groups in total. The molecule has 0 bridgehead atoms. The van der Waals surface area contributed by atoms with Crippen LogP contribution >= 0.6 is 23.2 Å². The van der Waals surface area contributed by atoms with Crippen molar-refractivity contribution in [2.24, 2.45) is 0 Å². The Morgan fingerprint density at radius 1 is 1.03 bits per heavy atom. The zero-order chi connectivity index (χ0) is 23.5. The number of hydrogen-bond acceptors (Lipinski definition) is 5. The molecule has 1 amide bonds. The van der Waals surface area contributed by atoms with E-state index in [1.807, 2.05) is 23.1 Å². The number of piperazine rings is 1. The van der Waals surface area contributed by atoms with Gasteiger partial charge in [0.1, 0.15) is 0 Å². The Labute approximate surface area is 201 Å². The second kappa shape index (κ2) is 9.93. The Balaban J connectivity index is 1.47. The summed E-state index contributed by atoms with van der Waals surface area (Å²) < 4.78 is 1.35. The summed E-state index contributed by atoms with van der Waals surface area (Å²) in [6, 6.07) is 10.8. The molecule has 9 heteroatoms. The van der Waals surface area contributed by atoms with Gasteiger partial charge in [0.15, 0.2) is 5.78 Å². The Morgan fingerprint density at radius 3 is 2.48 bits per heavy atom. The first-order valence-corrected chi connectivity index (χ1v) is 11.5. The largest absolute Gasteiger partial charge is 0.368 e. The molecule has 33 heavy (non-hydrogen) atoms. The molecule has 2 aromatic carbocycles. The number of anilines is 1. The third kappa shape index (κ3) is 5.37. The minimum Gasteiger partial charge on any atom is -0.368 e. The van der Waals surface area contributed by atoms with Crippen LogP contribution in [0.3, 0.4) is 0 Å². The predicted octanol–water partition coefficient (Wildman–Crippen LogP) is 3.57. The van der Waals surface area contributed by atoms with Crippen molar-refractivity contribution in [1.29, 1.82) is 0 Å². The number of benzene rings is 2. The van der Waals surface area contributed by atoms with Gasteiger partial charge in [0.2, 0.25) is 5.91 Å². The van der Waals surface area contributed by atoms with Gasteiger partial charge in [0.05, 0.1) is 23.8 Å². The van der Waals surface area contributed by atoms with Crippen molar-refractivity contribution in [2.75, 3.05) is 31.1 Å². The summed E-state index contributed by atoms with van der Waals surface area (Å²) in [5.74, 6) is -0.0102. The summed E-state index contributed by atoms with van der Waals surface area (Å²) in [5.41, 5.74) is 2.09. The lowest BCUT2D eigenvalue weighted by atomic mass is 10.1. The van der Waals surface area contributed by atoms with Gasteiger partial charge in [-0.25, -0.2) is 4.98 Å². The third-order valence-corrected chi connectivity index (χ3v) is 6.52. The van der Waals surface area contributed by atoms with Gasteiger partial charge in [-0.2, -0.15) is 0 Å². The molecule has 1 aliphatic rings. The van der Waals surface area contributed by atoms with Crippen molar-refractivity contribution < 1.29 is 9.59 Å². The average Bonchev–Trinajstić information content (AvgIpc) is 2.80. The smallest absolute Gasteiger partial charge is 0.261 e. The number of Topliss-reactive ketones (excluding diaryl/α,β-unsaturated/α-hetero) is 1. The maximum absolute atomic E-state index is 13.1. The van der Waals surface area contributed by atoms with Gasteiger partial charge >= 0.3 is 0 Å². The number of nitrogens with zero attached hydrogens (tertiary/aromatic N) is 4. The molecule has 0 unspecified atom stereocenters. The lowest BCUT2D eigenvalue weighted by Crippen LogP contribution is -2.48. The quantitative estimate of drug-likeness (QED) is 0.532.